The van der Waals surface area contributed by atoms with E-state index in [0.29, 0.717) is 25.6 Å². The van der Waals surface area contributed by atoms with Crippen molar-refractivity contribution in [1.82, 2.24) is 14.5 Å². The highest BCUT2D eigenvalue weighted by Crippen LogP contribution is 2.30. The molecule has 3 amide bonds. The van der Waals surface area contributed by atoms with Crippen molar-refractivity contribution in [3.05, 3.63) is 23.8 Å². The van der Waals surface area contributed by atoms with Crippen LogP contribution < -0.4 is 15.4 Å². The Morgan fingerprint density at radius 1 is 1.12 bits per heavy atom. The molecule has 1 aromatic carbocycles. The van der Waals surface area contributed by atoms with E-state index >= 15 is 4.39 Å². The lowest BCUT2D eigenvalue weighted by Crippen LogP contribution is -2.58. The molecule has 14 heteroatoms. The van der Waals surface area contributed by atoms with Gasteiger partial charge in [0.25, 0.3) is 5.91 Å². The molecule has 1 aromatic rings. The van der Waals surface area contributed by atoms with Gasteiger partial charge >= 0.3 is 0 Å². The number of halogens is 3. The number of primary amides is 1. The second kappa shape index (κ2) is 10.1. The number of hydrogen-bond donors (Lipinski definition) is 2. The van der Waals surface area contributed by atoms with Crippen LogP contribution in [0.3, 0.4) is 0 Å². The van der Waals surface area contributed by atoms with Crippen LogP contribution in [0.2, 0.25) is 0 Å². The number of amides is 3. The van der Waals surface area contributed by atoms with Crippen LogP contribution in [-0.4, -0.2) is 81.8 Å². The molecule has 2 fully saturated rings. The molecule has 2 aliphatic heterocycles. The second-order valence-electron chi connectivity index (χ2n) is 7.44. The molecule has 0 radical (unpaired) electrons. The highest BCUT2D eigenvalue weighted by atomic mass is 35.5. The molecule has 0 aliphatic carbocycles. The molecular weight excluding hydrogens is 472 g/mol. The molecule has 0 aromatic heterocycles. The van der Waals surface area contributed by atoms with Crippen LogP contribution in [-0.2, 0) is 24.4 Å². The van der Waals surface area contributed by atoms with Crippen molar-refractivity contribution in [3.63, 3.8) is 0 Å². The topological polar surface area (TPSA) is 133 Å². The summed E-state index contributed by atoms with van der Waals surface area (Å²) in [6.45, 7) is 1.62. The van der Waals surface area contributed by atoms with Crippen molar-refractivity contribution in [2.24, 2.45) is 5.73 Å². The number of benzene rings is 1. The Bertz CT molecular complexity index is 1020. The van der Waals surface area contributed by atoms with Crippen LogP contribution in [0.5, 0.6) is 0 Å². The van der Waals surface area contributed by atoms with Gasteiger partial charge in [-0.15, -0.1) is 12.4 Å². The Labute approximate surface area is 190 Å². The van der Waals surface area contributed by atoms with E-state index in [1.165, 1.54) is 4.90 Å². The lowest BCUT2D eigenvalue weighted by molar-refractivity contribution is -0.138. The summed E-state index contributed by atoms with van der Waals surface area (Å²) in [6.07, 6.45) is 0.597. The average molecular weight is 496 g/mol. The first-order chi connectivity index (χ1) is 14.5. The SMILES string of the molecule is CN1CCN(C(=O)[C@@H](NS(=O)(=O)c2c(F)ccc(N3CCCC3=O)c2F)C(N)=O)CC1.Cl. The Morgan fingerprint density at radius 3 is 2.28 bits per heavy atom. The van der Waals surface area contributed by atoms with Gasteiger partial charge in [-0.2, -0.15) is 4.72 Å². The third kappa shape index (κ3) is 5.17. The molecule has 178 valence electrons. The zero-order chi connectivity index (χ0) is 22.9. The van der Waals surface area contributed by atoms with Crippen LogP contribution in [0.1, 0.15) is 12.8 Å². The maximum Gasteiger partial charge on any atom is 0.250 e. The second-order valence-corrected chi connectivity index (χ2v) is 9.09. The van der Waals surface area contributed by atoms with Crippen molar-refractivity contribution in [3.8, 4) is 0 Å². The minimum absolute atomic E-state index is 0. The van der Waals surface area contributed by atoms with Crippen LogP contribution in [0, 0.1) is 11.6 Å². The van der Waals surface area contributed by atoms with Gasteiger partial charge in [-0.3, -0.25) is 14.4 Å². The molecule has 0 spiro atoms. The van der Waals surface area contributed by atoms with Gasteiger partial charge in [0.05, 0.1) is 5.69 Å². The fraction of sp³-hybridized carbons (Fsp3) is 0.500. The van der Waals surface area contributed by atoms with E-state index < -0.39 is 56.0 Å². The molecule has 0 bridgehead atoms. The van der Waals surface area contributed by atoms with Gasteiger partial charge in [-0.05, 0) is 25.6 Å². The van der Waals surface area contributed by atoms with Gasteiger partial charge in [0.2, 0.25) is 21.8 Å². The third-order valence-corrected chi connectivity index (χ3v) is 6.74. The summed E-state index contributed by atoms with van der Waals surface area (Å²) < 4.78 is 56.7. The molecule has 32 heavy (non-hydrogen) atoms. The normalized spacial score (nSPS) is 18.4. The summed E-state index contributed by atoms with van der Waals surface area (Å²) in [4.78, 5) is 39.3. The van der Waals surface area contributed by atoms with Crippen LogP contribution in [0.4, 0.5) is 14.5 Å². The molecule has 2 saturated heterocycles. The first-order valence-corrected chi connectivity index (χ1v) is 11.1. The summed E-state index contributed by atoms with van der Waals surface area (Å²) >= 11 is 0. The number of likely N-dealkylation sites (N-methyl/N-ethyl adjacent to an activating group) is 1. The van der Waals surface area contributed by atoms with E-state index in [2.05, 4.69) is 0 Å². The Kier molecular flexibility index (Phi) is 8.15. The summed E-state index contributed by atoms with van der Waals surface area (Å²) in [7, 11) is -3.19. The molecule has 10 nitrogen and oxygen atoms in total. The monoisotopic (exact) mass is 495 g/mol. The van der Waals surface area contributed by atoms with Crippen LogP contribution in [0.15, 0.2) is 17.0 Å². The van der Waals surface area contributed by atoms with E-state index in [1.807, 2.05) is 11.9 Å². The number of carbonyl (C=O) groups is 3. The maximum atomic E-state index is 15.0. The largest absolute Gasteiger partial charge is 0.368 e. The maximum absolute atomic E-state index is 15.0. The zero-order valence-electron chi connectivity index (χ0n) is 17.2. The number of anilines is 1. The highest BCUT2D eigenvalue weighted by molar-refractivity contribution is 7.89. The lowest BCUT2D eigenvalue weighted by Gasteiger charge is -2.34. The smallest absolute Gasteiger partial charge is 0.250 e. The quantitative estimate of drug-likeness (QED) is 0.507. The van der Waals surface area contributed by atoms with Gasteiger partial charge < -0.3 is 20.4 Å². The third-order valence-electron chi connectivity index (χ3n) is 5.28. The summed E-state index contributed by atoms with van der Waals surface area (Å²) in [5.74, 6) is -5.56. The predicted molar refractivity (Wildman–Crippen MR) is 113 cm³/mol. The number of nitrogens with one attached hydrogen (secondary N) is 1. The summed E-state index contributed by atoms with van der Waals surface area (Å²) in [5.41, 5.74) is 4.82. The van der Waals surface area contributed by atoms with Gasteiger partial charge in [0.1, 0.15) is 5.82 Å². The fourth-order valence-electron chi connectivity index (χ4n) is 3.53. The van der Waals surface area contributed by atoms with Crippen molar-refractivity contribution in [2.45, 2.75) is 23.8 Å². The van der Waals surface area contributed by atoms with Crippen molar-refractivity contribution >= 4 is 45.8 Å². The standard InChI is InChI=1S/C18H23F2N5O5S.ClH/c1-23-7-9-24(10-8-23)18(28)15(17(21)27)22-31(29,30)16-11(19)4-5-12(14(16)20)25-6-2-3-13(25)26;/h4-5,15,22H,2-3,6-10H2,1H3,(H2,21,27);1H/t15-;/m0./s1. The van der Waals surface area contributed by atoms with Crippen molar-refractivity contribution in [1.29, 1.82) is 0 Å². The zero-order valence-corrected chi connectivity index (χ0v) is 18.8. The number of carbonyl (C=O) groups excluding carboxylic acids is 3. The minimum Gasteiger partial charge on any atom is -0.368 e. The number of nitrogens with zero attached hydrogens (tertiary/aromatic N) is 3. The minimum atomic E-state index is -5.03. The Hall–Kier alpha value is -2.35. The fourth-order valence-corrected chi connectivity index (χ4v) is 4.84. The average Bonchev–Trinajstić information content (AvgIpc) is 3.11. The van der Waals surface area contributed by atoms with E-state index in [0.717, 1.165) is 11.0 Å². The van der Waals surface area contributed by atoms with E-state index in [4.69, 9.17) is 5.73 Å². The molecule has 1 atom stereocenters. The number of nitrogens with two attached hydrogens (primary N) is 1. The van der Waals surface area contributed by atoms with E-state index in [-0.39, 0.29) is 38.5 Å². The van der Waals surface area contributed by atoms with Crippen molar-refractivity contribution < 1.29 is 31.6 Å². The van der Waals surface area contributed by atoms with Crippen molar-refractivity contribution in [2.75, 3.05) is 44.7 Å². The number of sulfonamides is 1. The van der Waals surface area contributed by atoms with E-state index in [9.17, 15) is 27.2 Å². The molecule has 2 aliphatic rings. The highest BCUT2D eigenvalue weighted by Gasteiger charge is 2.38. The van der Waals surface area contributed by atoms with Crippen LogP contribution in [0.25, 0.3) is 0 Å². The Balaban J connectivity index is 0.00000363. The molecular formula is C18H24ClF2N5O5S. The molecule has 0 unspecified atom stereocenters. The number of piperazine rings is 1. The van der Waals surface area contributed by atoms with Gasteiger partial charge in [0.15, 0.2) is 16.8 Å². The molecule has 3 rings (SSSR count). The number of hydrogen-bond acceptors (Lipinski definition) is 6. The summed E-state index contributed by atoms with van der Waals surface area (Å²) in [6, 6.07) is -0.363. The predicted octanol–water partition coefficient (Wildman–Crippen LogP) is -0.580. The van der Waals surface area contributed by atoms with Crippen LogP contribution >= 0.6 is 12.4 Å². The first-order valence-electron chi connectivity index (χ1n) is 9.60. The van der Waals surface area contributed by atoms with Gasteiger partial charge in [-0.1, -0.05) is 0 Å². The molecule has 2 heterocycles. The number of rotatable bonds is 6. The first kappa shape index (κ1) is 25.9. The van der Waals surface area contributed by atoms with E-state index in [1.54, 1.807) is 4.72 Å². The lowest BCUT2D eigenvalue weighted by atomic mass is 10.2. The molecule has 0 saturated carbocycles. The van der Waals surface area contributed by atoms with Gasteiger partial charge in [-0.25, -0.2) is 17.2 Å². The Morgan fingerprint density at radius 2 is 1.75 bits per heavy atom. The summed E-state index contributed by atoms with van der Waals surface area (Å²) in [5, 5.41) is 0. The molecule has 3 N–H and O–H groups in total. The van der Waals surface area contributed by atoms with Gasteiger partial charge in [0, 0.05) is 39.1 Å².